The maximum Gasteiger partial charge on any atom is 0.0934 e. The summed E-state index contributed by atoms with van der Waals surface area (Å²) >= 11 is 1.60. The van der Waals surface area contributed by atoms with Gasteiger partial charge in [0.15, 0.2) is 0 Å². The highest BCUT2D eigenvalue weighted by atomic mass is 32.1. The third kappa shape index (κ3) is 2.92. The molecule has 2 heterocycles. The highest BCUT2D eigenvalue weighted by Gasteiger charge is 2.04. The zero-order chi connectivity index (χ0) is 12.8. The summed E-state index contributed by atoms with van der Waals surface area (Å²) in [5.74, 6) is 0. The van der Waals surface area contributed by atoms with Crippen molar-refractivity contribution in [3.8, 4) is 11.3 Å². The zero-order valence-electron chi connectivity index (χ0n) is 9.92. The third-order valence-electron chi connectivity index (χ3n) is 2.17. The largest absolute Gasteiger partial charge is 0.345 e. The third-order valence-corrected chi connectivity index (χ3v) is 3.02. The molecule has 0 fully saturated rings. The Bertz CT molecular complexity index is 565. The number of hydrogen-bond donors (Lipinski definition) is 2. The average Bonchev–Trinajstić information content (AvgIpc) is 2.98. The van der Waals surface area contributed by atoms with Gasteiger partial charge in [0.25, 0.3) is 0 Å². The molecule has 0 unspecified atom stereocenters. The molecular formula is C12H13N5S. The van der Waals surface area contributed by atoms with Crippen LogP contribution in [0.3, 0.4) is 0 Å². The van der Waals surface area contributed by atoms with Crippen LogP contribution in [0, 0.1) is 0 Å². The van der Waals surface area contributed by atoms with E-state index >= 15 is 0 Å². The Hall–Kier alpha value is -2.21. The van der Waals surface area contributed by atoms with Gasteiger partial charge in [-0.15, -0.1) is 11.3 Å². The summed E-state index contributed by atoms with van der Waals surface area (Å²) in [7, 11) is 1.71. The van der Waals surface area contributed by atoms with E-state index in [-0.39, 0.29) is 0 Å². The molecule has 2 N–H and O–H groups in total. The van der Waals surface area contributed by atoms with Crippen LogP contribution < -0.4 is 5.32 Å². The van der Waals surface area contributed by atoms with Crippen LogP contribution in [0.5, 0.6) is 0 Å². The van der Waals surface area contributed by atoms with Gasteiger partial charge < -0.3 is 10.3 Å². The van der Waals surface area contributed by atoms with Gasteiger partial charge in [0.1, 0.15) is 0 Å². The minimum absolute atomic E-state index is 0.797. The average molecular weight is 259 g/mol. The molecule has 6 heteroatoms. The molecule has 0 aliphatic rings. The van der Waals surface area contributed by atoms with Crippen LogP contribution in [0.1, 0.15) is 0 Å². The molecule has 0 aromatic carbocycles. The molecule has 0 saturated carbocycles. The van der Waals surface area contributed by atoms with Crippen molar-refractivity contribution in [3.05, 3.63) is 35.9 Å². The Kier molecular flexibility index (Phi) is 4.03. The van der Waals surface area contributed by atoms with Crippen molar-refractivity contribution in [1.29, 1.82) is 0 Å². The molecule has 0 spiro atoms. The summed E-state index contributed by atoms with van der Waals surface area (Å²) in [6, 6.07) is 2.04. The van der Waals surface area contributed by atoms with Gasteiger partial charge in [-0.05, 0) is 12.8 Å². The number of aromatic nitrogens is 2. The Morgan fingerprint density at radius 1 is 1.61 bits per heavy atom. The summed E-state index contributed by atoms with van der Waals surface area (Å²) in [5.41, 5.74) is 2.89. The van der Waals surface area contributed by atoms with Crippen LogP contribution in [0.4, 0.5) is 5.00 Å². The summed E-state index contributed by atoms with van der Waals surface area (Å²) in [6.07, 6.45) is 6.78. The Morgan fingerprint density at radius 3 is 3.17 bits per heavy atom. The fourth-order valence-electron chi connectivity index (χ4n) is 1.43. The van der Waals surface area contributed by atoms with Crippen molar-refractivity contribution in [3.63, 3.8) is 0 Å². The number of aromatic amines is 1. The second-order valence-corrected chi connectivity index (χ2v) is 4.36. The van der Waals surface area contributed by atoms with Gasteiger partial charge in [0.2, 0.25) is 0 Å². The lowest BCUT2D eigenvalue weighted by atomic mass is 10.2. The van der Waals surface area contributed by atoms with Crippen molar-refractivity contribution >= 4 is 29.3 Å². The predicted octanol–water partition coefficient (Wildman–Crippen LogP) is 2.79. The number of aliphatic imine (C=N–C) groups is 2. The van der Waals surface area contributed by atoms with E-state index < -0.39 is 0 Å². The smallest absolute Gasteiger partial charge is 0.0934 e. The highest BCUT2D eigenvalue weighted by Crippen LogP contribution is 2.28. The molecule has 0 aliphatic carbocycles. The minimum atomic E-state index is 0.797. The minimum Gasteiger partial charge on any atom is -0.345 e. The van der Waals surface area contributed by atoms with Crippen molar-refractivity contribution in [2.75, 3.05) is 12.4 Å². The first-order valence-electron chi connectivity index (χ1n) is 5.26. The SMILES string of the molecule is C=N/C=C(\C=NC)Nc1cc(-c2cnc[nH]2)cs1. The fourth-order valence-corrected chi connectivity index (χ4v) is 2.26. The number of nitrogens with one attached hydrogen (secondary N) is 2. The standard InChI is InChI=1S/C12H13N5S/c1-13-4-10(5-14-2)17-12-3-9(7-18-12)11-6-15-8-16-11/h3-8,17H,1H2,2H3,(H,15,16)/b10-4+,14-5?. The lowest BCUT2D eigenvalue weighted by Gasteiger charge is -2.01. The second kappa shape index (κ2) is 5.92. The quantitative estimate of drug-likeness (QED) is 0.811. The molecule has 0 aliphatic heterocycles. The first kappa shape index (κ1) is 12.3. The van der Waals surface area contributed by atoms with Crippen LogP contribution in [-0.4, -0.2) is 29.9 Å². The van der Waals surface area contributed by atoms with Gasteiger partial charge in [-0.3, -0.25) is 9.98 Å². The molecule has 0 amide bonds. The van der Waals surface area contributed by atoms with E-state index in [9.17, 15) is 0 Å². The van der Waals surface area contributed by atoms with Crippen molar-refractivity contribution in [2.24, 2.45) is 9.98 Å². The molecule has 0 atom stereocenters. The number of imidazole rings is 1. The molecule has 0 radical (unpaired) electrons. The van der Waals surface area contributed by atoms with E-state index in [0.29, 0.717) is 0 Å². The Morgan fingerprint density at radius 2 is 2.50 bits per heavy atom. The van der Waals surface area contributed by atoms with Gasteiger partial charge in [0.05, 0.1) is 35.1 Å². The number of rotatable bonds is 5. The Labute approximate surface area is 109 Å². The molecule has 5 nitrogen and oxygen atoms in total. The van der Waals surface area contributed by atoms with Gasteiger partial charge in [-0.25, -0.2) is 4.98 Å². The molecule has 0 bridgehead atoms. The van der Waals surface area contributed by atoms with E-state index in [1.807, 2.05) is 6.07 Å². The zero-order valence-corrected chi connectivity index (χ0v) is 10.7. The van der Waals surface area contributed by atoms with E-state index in [1.165, 1.54) is 0 Å². The molecule has 2 aromatic heterocycles. The lowest BCUT2D eigenvalue weighted by Crippen LogP contribution is -1.98. The normalized spacial score (nSPS) is 11.9. The van der Waals surface area contributed by atoms with Gasteiger partial charge >= 0.3 is 0 Å². The molecule has 2 rings (SSSR count). The van der Waals surface area contributed by atoms with Crippen LogP contribution in [-0.2, 0) is 0 Å². The topological polar surface area (TPSA) is 65.4 Å². The summed E-state index contributed by atoms with van der Waals surface area (Å²) in [5, 5.41) is 6.29. The summed E-state index contributed by atoms with van der Waals surface area (Å²) in [4.78, 5) is 14.8. The molecular weight excluding hydrogens is 246 g/mol. The predicted molar refractivity (Wildman–Crippen MR) is 77.6 cm³/mol. The van der Waals surface area contributed by atoms with Crippen molar-refractivity contribution < 1.29 is 0 Å². The van der Waals surface area contributed by atoms with Gasteiger partial charge in [-0.1, -0.05) is 0 Å². The van der Waals surface area contributed by atoms with Gasteiger partial charge in [-0.2, -0.15) is 0 Å². The number of H-pyrrole nitrogens is 1. The molecule has 0 saturated heterocycles. The summed E-state index contributed by atoms with van der Waals surface area (Å²) < 4.78 is 0. The van der Waals surface area contributed by atoms with E-state index in [4.69, 9.17) is 0 Å². The molecule has 92 valence electrons. The van der Waals surface area contributed by atoms with Gasteiger partial charge in [0, 0.05) is 24.2 Å². The number of allylic oxidation sites excluding steroid dienone is 1. The first-order valence-corrected chi connectivity index (χ1v) is 6.14. The van der Waals surface area contributed by atoms with Crippen LogP contribution in [0.2, 0.25) is 0 Å². The maximum atomic E-state index is 4.00. The number of thiophene rings is 1. The maximum absolute atomic E-state index is 4.00. The van der Waals surface area contributed by atoms with Crippen LogP contribution >= 0.6 is 11.3 Å². The number of anilines is 1. The highest BCUT2D eigenvalue weighted by molar-refractivity contribution is 7.14. The van der Waals surface area contributed by atoms with Crippen LogP contribution in [0.25, 0.3) is 11.3 Å². The fraction of sp³-hybridized carbons (Fsp3) is 0.0833. The lowest BCUT2D eigenvalue weighted by molar-refractivity contribution is 1.31. The monoisotopic (exact) mass is 259 g/mol. The number of nitrogens with zero attached hydrogens (tertiary/aromatic N) is 3. The molecule has 18 heavy (non-hydrogen) atoms. The Balaban J connectivity index is 2.15. The van der Waals surface area contributed by atoms with E-state index in [0.717, 1.165) is 22.0 Å². The first-order chi connectivity index (χ1) is 8.83. The second-order valence-electron chi connectivity index (χ2n) is 3.44. The van der Waals surface area contributed by atoms with E-state index in [2.05, 4.69) is 37.4 Å². The van der Waals surface area contributed by atoms with Crippen molar-refractivity contribution in [2.45, 2.75) is 0 Å². The number of hydrogen-bond acceptors (Lipinski definition) is 5. The molecule has 2 aromatic rings. The van der Waals surface area contributed by atoms with E-state index in [1.54, 1.807) is 43.3 Å². The van der Waals surface area contributed by atoms with Crippen LogP contribution in [0.15, 0.2) is 45.9 Å². The summed E-state index contributed by atoms with van der Waals surface area (Å²) in [6.45, 7) is 3.43. The van der Waals surface area contributed by atoms with Crippen molar-refractivity contribution in [1.82, 2.24) is 9.97 Å².